The predicted octanol–water partition coefficient (Wildman–Crippen LogP) is 2.44. The largest absolute Gasteiger partial charge is 0.369 e. The number of carbonyl (C=O) groups excluding carboxylic acids is 1. The van der Waals surface area contributed by atoms with Crippen LogP contribution >= 0.6 is 0 Å². The van der Waals surface area contributed by atoms with Crippen molar-refractivity contribution in [2.45, 2.75) is 39.7 Å². The summed E-state index contributed by atoms with van der Waals surface area (Å²) in [6.45, 7) is 6.61. The minimum Gasteiger partial charge on any atom is -0.369 e. The Morgan fingerprint density at radius 1 is 1.40 bits per heavy atom. The van der Waals surface area contributed by atoms with Crippen LogP contribution in [0.4, 0.5) is 10.5 Å². The standard InChI is InChI=1S/C15H22N4O/c1-4-19(12-8-9-12)15(20)18-14(16)17-13-10(2)6-5-7-11(13)3/h5-7,12H,4,8-9H2,1-3H3,(H3,16,17,18,20). The van der Waals surface area contributed by atoms with Crippen molar-refractivity contribution in [3.05, 3.63) is 29.3 Å². The van der Waals surface area contributed by atoms with Gasteiger partial charge in [0.25, 0.3) is 0 Å². The third kappa shape index (κ3) is 3.29. The molecule has 5 nitrogen and oxygen atoms in total. The summed E-state index contributed by atoms with van der Waals surface area (Å²) in [5.74, 6) is 0.145. The van der Waals surface area contributed by atoms with Crippen LogP contribution in [0.25, 0.3) is 0 Å². The summed E-state index contributed by atoms with van der Waals surface area (Å²) in [5.41, 5.74) is 8.75. The van der Waals surface area contributed by atoms with Gasteiger partial charge in [0.2, 0.25) is 5.96 Å². The minimum absolute atomic E-state index is 0.145. The Labute approximate surface area is 119 Å². The fourth-order valence-corrected chi connectivity index (χ4v) is 2.27. The number of guanidine groups is 1. The normalized spacial score (nSPS) is 15.1. The summed E-state index contributed by atoms with van der Waals surface area (Å²) in [5, 5.41) is 2.67. The lowest BCUT2D eigenvalue weighted by molar-refractivity contribution is 0.203. The van der Waals surface area contributed by atoms with Gasteiger partial charge in [-0.1, -0.05) is 18.2 Å². The monoisotopic (exact) mass is 274 g/mol. The lowest BCUT2D eigenvalue weighted by Crippen LogP contribution is -2.46. The van der Waals surface area contributed by atoms with Crippen LogP contribution in [0, 0.1) is 13.8 Å². The number of aliphatic imine (C=N–C) groups is 1. The van der Waals surface area contributed by atoms with Crippen LogP contribution in [0.15, 0.2) is 23.2 Å². The summed E-state index contributed by atoms with van der Waals surface area (Å²) >= 11 is 0. The second-order valence-electron chi connectivity index (χ2n) is 5.18. The van der Waals surface area contributed by atoms with E-state index in [-0.39, 0.29) is 12.0 Å². The van der Waals surface area contributed by atoms with Crippen LogP contribution in [0.2, 0.25) is 0 Å². The Balaban J connectivity index is 2.09. The predicted molar refractivity (Wildman–Crippen MR) is 81.1 cm³/mol. The summed E-state index contributed by atoms with van der Waals surface area (Å²) in [7, 11) is 0. The topological polar surface area (TPSA) is 70.7 Å². The molecule has 5 heteroatoms. The number of nitrogens with zero attached hydrogens (tertiary/aromatic N) is 2. The Morgan fingerprint density at radius 3 is 2.50 bits per heavy atom. The maximum atomic E-state index is 12.1. The first-order valence-corrected chi connectivity index (χ1v) is 7.01. The first-order chi connectivity index (χ1) is 9.52. The van der Waals surface area contributed by atoms with E-state index in [0.29, 0.717) is 12.6 Å². The molecule has 1 aliphatic rings. The van der Waals surface area contributed by atoms with Crippen LogP contribution in [0.3, 0.4) is 0 Å². The lowest BCUT2D eigenvalue weighted by atomic mass is 10.1. The number of rotatable bonds is 3. The molecule has 0 atom stereocenters. The van der Waals surface area contributed by atoms with Gasteiger partial charge in [0.1, 0.15) is 0 Å². The van der Waals surface area contributed by atoms with E-state index in [0.717, 1.165) is 29.7 Å². The van der Waals surface area contributed by atoms with Crippen molar-refractivity contribution in [1.82, 2.24) is 10.2 Å². The molecule has 3 N–H and O–H groups in total. The first kappa shape index (κ1) is 14.4. The molecule has 108 valence electrons. The van der Waals surface area contributed by atoms with Gasteiger partial charge < -0.3 is 10.6 Å². The Kier molecular flexibility index (Phi) is 4.27. The van der Waals surface area contributed by atoms with E-state index < -0.39 is 0 Å². The summed E-state index contributed by atoms with van der Waals surface area (Å²) < 4.78 is 0. The van der Waals surface area contributed by atoms with Gasteiger partial charge in [-0.15, -0.1) is 0 Å². The average molecular weight is 274 g/mol. The zero-order valence-electron chi connectivity index (χ0n) is 12.3. The second kappa shape index (κ2) is 5.94. The van der Waals surface area contributed by atoms with Gasteiger partial charge in [-0.05, 0) is 44.7 Å². The second-order valence-corrected chi connectivity index (χ2v) is 5.18. The van der Waals surface area contributed by atoms with E-state index in [9.17, 15) is 4.79 Å². The number of benzene rings is 1. The van der Waals surface area contributed by atoms with Gasteiger partial charge in [-0.2, -0.15) is 0 Å². The fraction of sp³-hybridized carbons (Fsp3) is 0.467. The fourth-order valence-electron chi connectivity index (χ4n) is 2.27. The van der Waals surface area contributed by atoms with Crippen molar-refractivity contribution in [2.24, 2.45) is 10.7 Å². The highest BCUT2D eigenvalue weighted by molar-refractivity contribution is 5.96. The quantitative estimate of drug-likeness (QED) is 0.656. The number of para-hydroxylation sites is 1. The van der Waals surface area contributed by atoms with E-state index in [1.807, 2.05) is 39.0 Å². The molecular weight excluding hydrogens is 252 g/mol. The van der Waals surface area contributed by atoms with E-state index in [1.165, 1.54) is 0 Å². The Hall–Kier alpha value is -2.04. The van der Waals surface area contributed by atoms with Crippen molar-refractivity contribution in [1.29, 1.82) is 0 Å². The van der Waals surface area contributed by atoms with Crippen LogP contribution in [-0.4, -0.2) is 29.5 Å². The van der Waals surface area contributed by atoms with Gasteiger partial charge in [0.15, 0.2) is 0 Å². The molecule has 1 aromatic rings. The number of nitrogens with two attached hydrogens (primary N) is 1. The smallest absolute Gasteiger partial charge is 0.324 e. The highest BCUT2D eigenvalue weighted by atomic mass is 16.2. The molecule has 1 aliphatic carbocycles. The molecule has 2 rings (SSSR count). The number of carbonyl (C=O) groups is 1. The molecule has 1 saturated carbocycles. The lowest BCUT2D eigenvalue weighted by Gasteiger charge is -2.20. The molecule has 0 aliphatic heterocycles. The molecule has 0 spiro atoms. The van der Waals surface area contributed by atoms with E-state index in [4.69, 9.17) is 5.73 Å². The van der Waals surface area contributed by atoms with Gasteiger partial charge in [0.05, 0.1) is 5.69 Å². The van der Waals surface area contributed by atoms with Crippen LogP contribution < -0.4 is 11.1 Å². The molecule has 0 heterocycles. The third-order valence-electron chi connectivity index (χ3n) is 3.50. The van der Waals surface area contributed by atoms with Gasteiger partial charge in [0, 0.05) is 12.6 Å². The molecule has 0 radical (unpaired) electrons. The molecule has 2 amide bonds. The highest BCUT2D eigenvalue weighted by Gasteiger charge is 2.31. The maximum Gasteiger partial charge on any atom is 0.324 e. The number of hydrogen-bond acceptors (Lipinski definition) is 2. The maximum absolute atomic E-state index is 12.1. The van der Waals surface area contributed by atoms with E-state index in [2.05, 4.69) is 10.3 Å². The summed E-state index contributed by atoms with van der Waals surface area (Å²) in [6.07, 6.45) is 2.16. The van der Waals surface area contributed by atoms with E-state index in [1.54, 1.807) is 4.90 Å². The molecule has 20 heavy (non-hydrogen) atoms. The number of amides is 2. The summed E-state index contributed by atoms with van der Waals surface area (Å²) in [6, 6.07) is 6.13. The molecule has 1 fully saturated rings. The van der Waals surface area contributed by atoms with Crippen molar-refractivity contribution in [2.75, 3.05) is 6.54 Å². The van der Waals surface area contributed by atoms with Gasteiger partial charge in [-0.25, -0.2) is 9.79 Å². The van der Waals surface area contributed by atoms with Crippen molar-refractivity contribution >= 4 is 17.7 Å². The van der Waals surface area contributed by atoms with Crippen molar-refractivity contribution in [3.8, 4) is 0 Å². The number of urea groups is 1. The Bertz CT molecular complexity index is 514. The number of hydrogen-bond donors (Lipinski definition) is 2. The number of nitrogens with one attached hydrogen (secondary N) is 1. The SMILES string of the molecule is CCN(C(=O)NC(N)=Nc1c(C)cccc1C)C1CC1. The van der Waals surface area contributed by atoms with Crippen molar-refractivity contribution < 1.29 is 4.79 Å². The first-order valence-electron chi connectivity index (χ1n) is 7.01. The van der Waals surface area contributed by atoms with Crippen molar-refractivity contribution in [3.63, 3.8) is 0 Å². The zero-order chi connectivity index (χ0) is 14.7. The minimum atomic E-state index is -0.164. The molecule has 0 aromatic heterocycles. The van der Waals surface area contributed by atoms with Crippen LogP contribution in [0.5, 0.6) is 0 Å². The summed E-state index contributed by atoms with van der Waals surface area (Å²) in [4.78, 5) is 18.2. The van der Waals surface area contributed by atoms with Gasteiger partial charge >= 0.3 is 6.03 Å². The van der Waals surface area contributed by atoms with Gasteiger partial charge in [-0.3, -0.25) is 5.32 Å². The third-order valence-corrected chi connectivity index (χ3v) is 3.50. The van der Waals surface area contributed by atoms with Crippen LogP contribution in [0.1, 0.15) is 30.9 Å². The Morgan fingerprint density at radius 2 is 2.00 bits per heavy atom. The molecule has 0 unspecified atom stereocenters. The van der Waals surface area contributed by atoms with Crippen LogP contribution in [-0.2, 0) is 0 Å². The molecular formula is C15H22N4O. The highest BCUT2D eigenvalue weighted by Crippen LogP contribution is 2.26. The number of aryl methyl sites for hydroxylation is 2. The zero-order valence-corrected chi connectivity index (χ0v) is 12.3. The van der Waals surface area contributed by atoms with E-state index >= 15 is 0 Å². The molecule has 0 saturated heterocycles. The molecule has 0 bridgehead atoms. The molecule has 1 aromatic carbocycles. The average Bonchev–Trinajstić information content (AvgIpc) is 3.19.